The zero-order valence-electron chi connectivity index (χ0n) is 17.4. The SMILES string of the molecule is COc1ccc2cc3cc(C(=O)N4CCN(c5cc(Cl)ccc5C)CC4)oc3nc2c1. The maximum Gasteiger partial charge on any atom is 0.289 e. The van der Waals surface area contributed by atoms with E-state index >= 15 is 0 Å². The second kappa shape index (κ2) is 7.78. The van der Waals surface area contributed by atoms with Crippen molar-refractivity contribution in [3.8, 4) is 5.75 Å². The lowest BCUT2D eigenvalue weighted by atomic mass is 10.1. The third kappa shape index (κ3) is 3.68. The molecule has 158 valence electrons. The van der Waals surface area contributed by atoms with E-state index < -0.39 is 0 Å². The molecular weight excluding hydrogens is 414 g/mol. The van der Waals surface area contributed by atoms with Crippen molar-refractivity contribution in [2.45, 2.75) is 6.92 Å². The first-order valence-corrected chi connectivity index (χ1v) is 10.6. The number of carbonyl (C=O) groups is 1. The molecule has 4 aromatic rings. The van der Waals surface area contributed by atoms with Gasteiger partial charge in [0.1, 0.15) is 5.75 Å². The van der Waals surface area contributed by atoms with Gasteiger partial charge in [-0.1, -0.05) is 17.7 Å². The Morgan fingerprint density at radius 3 is 2.61 bits per heavy atom. The van der Waals surface area contributed by atoms with Crippen LogP contribution in [0.3, 0.4) is 0 Å². The molecule has 0 atom stereocenters. The van der Waals surface area contributed by atoms with E-state index in [-0.39, 0.29) is 5.91 Å². The Hall–Kier alpha value is -3.25. The van der Waals surface area contributed by atoms with Gasteiger partial charge in [-0.05, 0) is 48.9 Å². The Labute approximate surface area is 185 Å². The summed E-state index contributed by atoms with van der Waals surface area (Å²) in [6, 6.07) is 15.4. The maximum atomic E-state index is 13.1. The van der Waals surface area contributed by atoms with Crippen molar-refractivity contribution in [3.63, 3.8) is 0 Å². The number of ether oxygens (including phenoxy) is 1. The quantitative estimate of drug-likeness (QED) is 0.457. The number of furan rings is 1. The van der Waals surface area contributed by atoms with Crippen molar-refractivity contribution < 1.29 is 13.9 Å². The van der Waals surface area contributed by atoms with Crippen molar-refractivity contribution >= 4 is 45.2 Å². The molecule has 31 heavy (non-hydrogen) atoms. The van der Waals surface area contributed by atoms with E-state index in [0.29, 0.717) is 24.6 Å². The minimum Gasteiger partial charge on any atom is -0.497 e. The Kier molecular flexibility index (Phi) is 4.94. The Bertz CT molecular complexity index is 1290. The highest BCUT2D eigenvalue weighted by Crippen LogP contribution is 2.28. The van der Waals surface area contributed by atoms with E-state index in [2.05, 4.69) is 16.8 Å². The molecule has 7 heteroatoms. The van der Waals surface area contributed by atoms with Crippen LogP contribution in [0.1, 0.15) is 16.1 Å². The van der Waals surface area contributed by atoms with Crippen molar-refractivity contribution in [2.24, 2.45) is 0 Å². The van der Waals surface area contributed by atoms with Crippen LogP contribution in [0.5, 0.6) is 5.75 Å². The lowest BCUT2D eigenvalue weighted by Crippen LogP contribution is -2.48. The largest absolute Gasteiger partial charge is 0.497 e. The summed E-state index contributed by atoms with van der Waals surface area (Å²) in [5.74, 6) is 0.939. The van der Waals surface area contributed by atoms with E-state index in [4.69, 9.17) is 20.8 Å². The number of rotatable bonds is 3. The van der Waals surface area contributed by atoms with Crippen LogP contribution < -0.4 is 9.64 Å². The third-order valence-corrected chi connectivity index (χ3v) is 6.04. The number of anilines is 1. The summed E-state index contributed by atoms with van der Waals surface area (Å²) < 4.78 is 11.1. The number of pyridine rings is 1. The number of piperazine rings is 1. The van der Waals surface area contributed by atoms with Crippen molar-refractivity contribution in [1.82, 2.24) is 9.88 Å². The molecule has 1 aliphatic rings. The lowest BCUT2D eigenvalue weighted by Gasteiger charge is -2.36. The van der Waals surface area contributed by atoms with E-state index in [1.165, 1.54) is 5.56 Å². The highest BCUT2D eigenvalue weighted by molar-refractivity contribution is 6.30. The van der Waals surface area contributed by atoms with E-state index in [9.17, 15) is 4.79 Å². The number of amides is 1. The molecule has 1 fully saturated rings. The Morgan fingerprint density at radius 1 is 1.03 bits per heavy atom. The number of methoxy groups -OCH3 is 1. The minimum absolute atomic E-state index is 0.109. The van der Waals surface area contributed by atoms with Crippen LogP contribution in [-0.2, 0) is 0 Å². The lowest BCUT2D eigenvalue weighted by molar-refractivity contribution is 0.0717. The van der Waals surface area contributed by atoms with Gasteiger partial charge in [0.15, 0.2) is 5.76 Å². The highest BCUT2D eigenvalue weighted by atomic mass is 35.5. The molecule has 0 bridgehead atoms. The van der Waals surface area contributed by atoms with Crippen molar-refractivity contribution in [3.05, 3.63) is 64.9 Å². The van der Waals surface area contributed by atoms with Gasteiger partial charge >= 0.3 is 0 Å². The van der Waals surface area contributed by atoms with Gasteiger partial charge in [0.05, 0.1) is 12.6 Å². The number of hydrogen-bond acceptors (Lipinski definition) is 5. The molecular formula is C24H22ClN3O3. The van der Waals surface area contributed by atoms with E-state index in [1.54, 1.807) is 13.2 Å². The zero-order chi connectivity index (χ0) is 21.5. The third-order valence-electron chi connectivity index (χ3n) is 5.80. The van der Waals surface area contributed by atoms with Crippen LogP contribution in [0.15, 0.2) is 52.9 Å². The molecule has 0 radical (unpaired) electrons. The monoisotopic (exact) mass is 435 g/mol. The smallest absolute Gasteiger partial charge is 0.289 e. The number of halogens is 1. The fourth-order valence-electron chi connectivity index (χ4n) is 4.07. The van der Waals surface area contributed by atoms with Crippen LogP contribution in [0, 0.1) is 6.92 Å². The van der Waals surface area contributed by atoms with Crippen molar-refractivity contribution in [2.75, 3.05) is 38.2 Å². The topological polar surface area (TPSA) is 58.8 Å². The number of aryl methyl sites for hydroxylation is 1. The predicted octanol–water partition coefficient (Wildman–Crippen LogP) is 4.91. The van der Waals surface area contributed by atoms with Gasteiger partial charge in [-0.2, -0.15) is 0 Å². The van der Waals surface area contributed by atoms with Crippen LogP contribution in [-0.4, -0.2) is 49.1 Å². The minimum atomic E-state index is -0.109. The first-order valence-electron chi connectivity index (χ1n) is 10.2. The number of nitrogens with zero attached hydrogens (tertiary/aromatic N) is 3. The summed E-state index contributed by atoms with van der Waals surface area (Å²) in [6.07, 6.45) is 0. The number of aromatic nitrogens is 1. The van der Waals surface area contributed by atoms with Crippen LogP contribution >= 0.6 is 11.6 Å². The number of carbonyl (C=O) groups excluding carboxylic acids is 1. The summed E-state index contributed by atoms with van der Waals surface area (Å²) >= 11 is 6.17. The molecule has 2 aromatic carbocycles. The predicted molar refractivity (Wildman–Crippen MR) is 122 cm³/mol. The summed E-state index contributed by atoms with van der Waals surface area (Å²) in [7, 11) is 1.62. The van der Waals surface area contributed by atoms with Gasteiger partial charge in [0.2, 0.25) is 5.71 Å². The zero-order valence-corrected chi connectivity index (χ0v) is 18.1. The van der Waals surface area contributed by atoms with Gasteiger partial charge in [-0.15, -0.1) is 0 Å². The summed E-state index contributed by atoms with van der Waals surface area (Å²) in [5, 5.41) is 2.51. The molecule has 0 spiro atoms. The van der Waals surface area contributed by atoms with E-state index in [0.717, 1.165) is 45.8 Å². The summed E-state index contributed by atoms with van der Waals surface area (Å²) in [6.45, 7) is 4.80. The number of benzene rings is 2. The molecule has 6 nitrogen and oxygen atoms in total. The molecule has 2 aromatic heterocycles. The van der Waals surface area contributed by atoms with Gasteiger partial charge in [0, 0.05) is 53.7 Å². The molecule has 0 N–H and O–H groups in total. The fourth-order valence-corrected chi connectivity index (χ4v) is 4.23. The van der Waals surface area contributed by atoms with Crippen LogP contribution in [0.4, 0.5) is 5.69 Å². The molecule has 3 heterocycles. The second-order valence-electron chi connectivity index (χ2n) is 7.76. The average Bonchev–Trinajstić information content (AvgIpc) is 3.21. The highest BCUT2D eigenvalue weighted by Gasteiger charge is 2.25. The Balaban J connectivity index is 1.35. The van der Waals surface area contributed by atoms with Crippen LogP contribution in [0.25, 0.3) is 22.0 Å². The van der Waals surface area contributed by atoms with Crippen LogP contribution in [0.2, 0.25) is 5.02 Å². The first kappa shape index (κ1) is 19.7. The maximum absolute atomic E-state index is 13.1. The number of hydrogen-bond donors (Lipinski definition) is 0. The number of fused-ring (bicyclic) bond motifs is 2. The summed E-state index contributed by atoms with van der Waals surface area (Å²) in [4.78, 5) is 21.7. The molecule has 1 aliphatic heterocycles. The van der Waals surface area contributed by atoms with Gasteiger partial charge in [0.25, 0.3) is 5.91 Å². The van der Waals surface area contributed by atoms with Gasteiger partial charge in [-0.25, -0.2) is 4.98 Å². The standard InChI is InChI=1S/C24H22ClN3O3/c1-15-3-5-18(25)13-21(15)27-7-9-28(10-8-27)24(29)22-12-17-11-16-4-6-19(30-2)14-20(16)26-23(17)31-22/h3-6,11-14H,7-10H2,1-2H3. The Morgan fingerprint density at radius 2 is 1.84 bits per heavy atom. The second-order valence-corrected chi connectivity index (χ2v) is 8.20. The van der Waals surface area contributed by atoms with Gasteiger partial charge in [-0.3, -0.25) is 4.79 Å². The van der Waals surface area contributed by atoms with Gasteiger partial charge < -0.3 is 19.0 Å². The van der Waals surface area contributed by atoms with Crippen molar-refractivity contribution in [1.29, 1.82) is 0 Å². The summed E-state index contributed by atoms with van der Waals surface area (Å²) in [5.41, 5.74) is 3.52. The fraction of sp³-hybridized carbons (Fsp3) is 0.250. The first-order chi connectivity index (χ1) is 15.0. The molecule has 0 unspecified atom stereocenters. The molecule has 5 rings (SSSR count). The molecule has 1 saturated heterocycles. The molecule has 0 aliphatic carbocycles. The average molecular weight is 436 g/mol. The molecule has 0 saturated carbocycles. The molecule has 1 amide bonds. The van der Waals surface area contributed by atoms with E-state index in [1.807, 2.05) is 47.4 Å². The normalized spacial score (nSPS) is 14.4.